The molecule has 1 N–H and O–H groups in total. The molecule has 0 bridgehead atoms. The van der Waals surface area contributed by atoms with Crippen LogP contribution in [0, 0.1) is 0 Å². The van der Waals surface area contributed by atoms with E-state index in [0.717, 1.165) is 19.3 Å². The van der Waals surface area contributed by atoms with Crippen molar-refractivity contribution in [3.8, 4) is 0 Å². The van der Waals surface area contributed by atoms with Crippen LogP contribution < -0.4 is 5.32 Å². The van der Waals surface area contributed by atoms with E-state index in [9.17, 15) is 8.78 Å². The van der Waals surface area contributed by atoms with Crippen molar-refractivity contribution in [2.24, 2.45) is 0 Å². The summed E-state index contributed by atoms with van der Waals surface area (Å²) in [6.45, 7) is -0.325. The Bertz CT molecular complexity index is 163. The quantitative estimate of drug-likeness (QED) is 0.577. The van der Waals surface area contributed by atoms with Crippen LogP contribution in [0.25, 0.3) is 0 Å². The monoisotopic (exact) mass is 163 g/mol. The minimum absolute atomic E-state index is 0.176. The highest BCUT2D eigenvalue weighted by atomic mass is 19.3. The summed E-state index contributed by atoms with van der Waals surface area (Å²) in [5.74, 6) is 0. The highest BCUT2D eigenvalue weighted by molar-refractivity contribution is 4.89. The van der Waals surface area contributed by atoms with Crippen molar-refractivity contribution in [3.63, 3.8) is 0 Å². The highest BCUT2D eigenvalue weighted by Crippen LogP contribution is 2.31. The predicted octanol–water partition coefficient (Wildman–Crippen LogP) is 1.12. The molecule has 0 aromatic heterocycles. The smallest absolute Gasteiger partial charge is 0.314 e. The summed E-state index contributed by atoms with van der Waals surface area (Å²) in [5, 5.41) is 2.80. The van der Waals surface area contributed by atoms with Crippen LogP contribution in [0.2, 0.25) is 0 Å². The van der Waals surface area contributed by atoms with Gasteiger partial charge in [-0.05, 0) is 19.3 Å². The van der Waals surface area contributed by atoms with Gasteiger partial charge in [0.2, 0.25) is 0 Å². The maximum Gasteiger partial charge on any atom is 0.368 e. The van der Waals surface area contributed by atoms with Crippen molar-refractivity contribution in [2.45, 2.75) is 37.5 Å². The maximum atomic E-state index is 12.6. The molecule has 2 nitrogen and oxygen atoms in total. The number of fused-ring (bicyclic) bond motifs is 1. The third-order valence-electron chi connectivity index (χ3n) is 2.35. The Morgan fingerprint density at radius 3 is 3.00 bits per heavy atom. The Morgan fingerprint density at radius 1 is 1.36 bits per heavy atom. The van der Waals surface area contributed by atoms with E-state index >= 15 is 0 Å². The second kappa shape index (κ2) is 2.38. The first-order valence-electron chi connectivity index (χ1n) is 3.96. The molecule has 11 heavy (non-hydrogen) atoms. The number of ether oxygens (including phenoxy) is 1. The first kappa shape index (κ1) is 7.43. The molecule has 0 spiro atoms. The molecule has 1 aliphatic heterocycles. The zero-order valence-electron chi connectivity index (χ0n) is 6.15. The summed E-state index contributed by atoms with van der Waals surface area (Å²) in [4.78, 5) is 0. The molecule has 64 valence electrons. The van der Waals surface area contributed by atoms with Gasteiger partial charge in [-0.15, -0.1) is 0 Å². The van der Waals surface area contributed by atoms with E-state index in [2.05, 4.69) is 10.1 Å². The van der Waals surface area contributed by atoms with Crippen molar-refractivity contribution in [2.75, 3.05) is 6.54 Å². The van der Waals surface area contributed by atoms with E-state index in [1.165, 1.54) is 0 Å². The number of alkyl halides is 2. The number of rotatable bonds is 0. The molecule has 2 atom stereocenters. The van der Waals surface area contributed by atoms with Crippen LogP contribution in [0.1, 0.15) is 19.3 Å². The number of halogens is 2. The summed E-state index contributed by atoms with van der Waals surface area (Å²) in [5.41, 5.74) is 0. The van der Waals surface area contributed by atoms with E-state index in [1.807, 2.05) is 0 Å². The van der Waals surface area contributed by atoms with Crippen molar-refractivity contribution in [1.29, 1.82) is 0 Å². The molecule has 0 aromatic rings. The fraction of sp³-hybridized carbons (Fsp3) is 1.00. The van der Waals surface area contributed by atoms with E-state index < -0.39 is 6.11 Å². The van der Waals surface area contributed by atoms with Crippen molar-refractivity contribution in [3.05, 3.63) is 0 Å². The molecule has 2 fully saturated rings. The summed E-state index contributed by atoms with van der Waals surface area (Å²) in [6, 6.07) is 0.176. The Morgan fingerprint density at radius 2 is 2.18 bits per heavy atom. The molecule has 2 rings (SSSR count). The van der Waals surface area contributed by atoms with Gasteiger partial charge < -0.3 is 10.1 Å². The molecule has 0 aromatic carbocycles. The van der Waals surface area contributed by atoms with Crippen LogP contribution in [0.3, 0.4) is 0 Å². The highest BCUT2D eigenvalue weighted by Gasteiger charge is 2.43. The number of hydrogen-bond donors (Lipinski definition) is 1. The van der Waals surface area contributed by atoms with Crippen LogP contribution in [0.15, 0.2) is 0 Å². The van der Waals surface area contributed by atoms with Crippen LogP contribution >= 0.6 is 0 Å². The average molecular weight is 163 g/mol. The van der Waals surface area contributed by atoms with Crippen LogP contribution in [-0.4, -0.2) is 24.8 Å². The van der Waals surface area contributed by atoms with Gasteiger partial charge in [-0.25, -0.2) is 0 Å². The number of morpholine rings is 1. The van der Waals surface area contributed by atoms with E-state index in [1.54, 1.807) is 0 Å². The molecule has 2 aliphatic rings. The number of hydrogen-bond acceptors (Lipinski definition) is 2. The normalized spacial score (nSPS) is 42.0. The van der Waals surface area contributed by atoms with Gasteiger partial charge in [0.25, 0.3) is 0 Å². The van der Waals surface area contributed by atoms with E-state index in [0.29, 0.717) is 0 Å². The van der Waals surface area contributed by atoms with Crippen molar-refractivity contribution in [1.82, 2.24) is 5.32 Å². The van der Waals surface area contributed by atoms with Gasteiger partial charge in [-0.1, -0.05) is 0 Å². The minimum Gasteiger partial charge on any atom is -0.314 e. The van der Waals surface area contributed by atoms with Gasteiger partial charge >= 0.3 is 6.11 Å². The van der Waals surface area contributed by atoms with E-state index in [4.69, 9.17) is 0 Å². The van der Waals surface area contributed by atoms with Crippen LogP contribution in [-0.2, 0) is 4.74 Å². The summed E-state index contributed by atoms with van der Waals surface area (Å²) in [6.07, 6.45) is -0.448. The fourth-order valence-corrected chi connectivity index (χ4v) is 1.81. The van der Waals surface area contributed by atoms with Gasteiger partial charge in [0.1, 0.15) is 0 Å². The molecular formula is C7H11F2NO. The lowest BCUT2D eigenvalue weighted by molar-refractivity contribution is -0.278. The molecule has 1 heterocycles. The topological polar surface area (TPSA) is 21.3 Å². The second-order valence-corrected chi connectivity index (χ2v) is 3.21. The lowest BCUT2D eigenvalue weighted by Crippen LogP contribution is -2.53. The molecule has 0 radical (unpaired) electrons. The van der Waals surface area contributed by atoms with Gasteiger partial charge in [-0.2, -0.15) is 8.78 Å². The average Bonchev–Trinajstić information content (AvgIpc) is 2.31. The van der Waals surface area contributed by atoms with Crippen LogP contribution in [0.5, 0.6) is 0 Å². The first-order chi connectivity index (χ1) is 5.17. The Hall–Kier alpha value is -0.220. The molecule has 1 saturated heterocycles. The summed E-state index contributed by atoms with van der Waals surface area (Å²) < 4.78 is 29.7. The van der Waals surface area contributed by atoms with Gasteiger partial charge in [-0.3, -0.25) is 0 Å². The predicted molar refractivity (Wildman–Crippen MR) is 35.5 cm³/mol. The number of nitrogens with one attached hydrogen (secondary N) is 1. The Kier molecular flexibility index (Phi) is 1.61. The Labute approximate surface area is 63.9 Å². The maximum absolute atomic E-state index is 12.6. The summed E-state index contributed by atoms with van der Waals surface area (Å²) >= 11 is 0. The standard InChI is InChI=1S/C7H11F2NO/c8-7(9)4-10-5-2-1-3-6(5)11-7/h5-6,10H,1-4H2/t5-,6-/m0/s1. The Balaban J connectivity index is 2.02. The van der Waals surface area contributed by atoms with Gasteiger partial charge in [0, 0.05) is 6.04 Å². The molecule has 1 aliphatic carbocycles. The molecule has 1 saturated carbocycles. The lowest BCUT2D eigenvalue weighted by Gasteiger charge is -2.32. The van der Waals surface area contributed by atoms with E-state index in [-0.39, 0.29) is 18.7 Å². The fourth-order valence-electron chi connectivity index (χ4n) is 1.81. The third-order valence-corrected chi connectivity index (χ3v) is 2.35. The molecule has 0 amide bonds. The molecular weight excluding hydrogens is 152 g/mol. The minimum atomic E-state index is -2.94. The van der Waals surface area contributed by atoms with Crippen molar-refractivity contribution >= 4 is 0 Å². The lowest BCUT2D eigenvalue weighted by atomic mass is 10.2. The second-order valence-electron chi connectivity index (χ2n) is 3.21. The molecule has 4 heteroatoms. The van der Waals surface area contributed by atoms with Crippen molar-refractivity contribution < 1.29 is 13.5 Å². The van der Waals surface area contributed by atoms with Crippen LogP contribution in [0.4, 0.5) is 8.78 Å². The molecule has 0 unspecified atom stereocenters. The first-order valence-corrected chi connectivity index (χ1v) is 3.96. The zero-order valence-corrected chi connectivity index (χ0v) is 6.15. The van der Waals surface area contributed by atoms with Gasteiger partial charge in [0.05, 0.1) is 12.6 Å². The van der Waals surface area contributed by atoms with Gasteiger partial charge in [0.15, 0.2) is 0 Å². The zero-order chi connectivity index (χ0) is 7.90. The third kappa shape index (κ3) is 1.37. The SMILES string of the molecule is FC1(F)CN[C@H]2CCC[C@@H]2O1. The largest absolute Gasteiger partial charge is 0.368 e. The summed E-state index contributed by atoms with van der Waals surface area (Å²) in [7, 11) is 0.